The second kappa shape index (κ2) is 8.70. The zero-order valence-corrected chi connectivity index (χ0v) is 17.2. The van der Waals surface area contributed by atoms with Crippen LogP contribution in [0.25, 0.3) is 0 Å². The second-order valence-electron chi connectivity index (χ2n) is 5.14. The first-order valence-electron chi connectivity index (χ1n) is 6.81. The molecule has 0 saturated heterocycles. The average molecular weight is 507 g/mol. The summed E-state index contributed by atoms with van der Waals surface area (Å²) in [5.41, 5.74) is -1.45. The Hall–Kier alpha value is -0.840. The van der Waals surface area contributed by atoms with Gasteiger partial charge in [0.15, 0.2) is 17.3 Å². The Morgan fingerprint density at radius 3 is 1.76 bits per heavy atom. The van der Waals surface area contributed by atoms with Crippen LogP contribution in [0, 0.1) is 27.9 Å². The highest BCUT2D eigenvalue weighted by molar-refractivity contribution is 7.86. The van der Waals surface area contributed by atoms with Gasteiger partial charge in [-0.05, 0) is 45.0 Å². The Kier molecular flexibility index (Phi) is 7.72. The summed E-state index contributed by atoms with van der Waals surface area (Å²) in [6.45, 7) is 6.58. The Morgan fingerprint density at radius 1 is 1.00 bits per heavy atom. The van der Waals surface area contributed by atoms with Gasteiger partial charge in [-0.15, -0.1) is 0 Å². The normalized spacial score (nSPS) is 11.7. The van der Waals surface area contributed by atoms with E-state index in [0.717, 1.165) is 5.02 Å². The molecule has 0 fully saturated rings. The lowest BCUT2D eigenvalue weighted by molar-refractivity contribution is -0.598. The lowest BCUT2D eigenvalue weighted by Crippen LogP contribution is -3.62. The smallest absolute Gasteiger partial charge is 0.485 e. The van der Waals surface area contributed by atoms with Crippen LogP contribution in [-0.4, -0.2) is 18.5 Å². The predicted molar refractivity (Wildman–Crippen MR) is 85.3 cm³/mol. The molecule has 3 nitrogen and oxygen atoms in total. The molecule has 0 bridgehead atoms. The summed E-state index contributed by atoms with van der Waals surface area (Å²) in [6.07, 6.45) is 0. The van der Waals surface area contributed by atoms with Gasteiger partial charge in [-0.25, -0.2) is 8.42 Å². The minimum absolute atomic E-state index is 0.0989. The summed E-state index contributed by atoms with van der Waals surface area (Å²) in [5, 5.41) is 0.815. The van der Waals surface area contributed by atoms with Crippen molar-refractivity contribution in [3.63, 3.8) is 0 Å². The Labute approximate surface area is 160 Å². The van der Waals surface area contributed by atoms with Gasteiger partial charge in [0.1, 0.15) is 0 Å². The maximum Gasteiger partial charge on any atom is 0.485 e. The highest BCUT2D eigenvalue weighted by Gasteiger charge is 2.36. The van der Waals surface area contributed by atoms with Gasteiger partial charge in [0.25, 0.3) is 0 Å². The SMILES string of the molecule is Cc1cc(C)c([I+]c2ccc(Cl)cc2)c(C)c1.O=S(=O)([O-])C(F)(F)F. The summed E-state index contributed by atoms with van der Waals surface area (Å²) in [7, 11) is -6.09. The maximum atomic E-state index is 10.7. The molecule has 0 unspecified atom stereocenters. The van der Waals surface area contributed by atoms with Crippen LogP contribution in [0.15, 0.2) is 36.4 Å². The number of alkyl halides is 3. The van der Waals surface area contributed by atoms with Crippen LogP contribution >= 0.6 is 11.6 Å². The highest BCUT2D eigenvalue weighted by atomic mass is 127. The van der Waals surface area contributed by atoms with Crippen molar-refractivity contribution in [3.8, 4) is 0 Å². The topological polar surface area (TPSA) is 57.2 Å². The van der Waals surface area contributed by atoms with E-state index in [1.165, 1.54) is 23.8 Å². The number of rotatable bonds is 2. The van der Waals surface area contributed by atoms with Gasteiger partial charge in [0.2, 0.25) is 0 Å². The van der Waals surface area contributed by atoms with E-state index >= 15 is 0 Å². The van der Waals surface area contributed by atoms with Crippen molar-refractivity contribution in [2.24, 2.45) is 0 Å². The molecule has 9 heteroatoms. The van der Waals surface area contributed by atoms with Crippen LogP contribution < -0.4 is 21.2 Å². The number of benzene rings is 2. The molecule has 0 aliphatic heterocycles. The van der Waals surface area contributed by atoms with Crippen LogP contribution in [0.5, 0.6) is 0 Å². The van der Waals surface area contributed by atoms with Gasteiger partial charge in [0.05, 0.1) is 0 Å². The van der Waals surface area contributed by atoms with Crippen LogP contribution in [0.2, 0.25) is 5.02 Å². The minimum atomic E-state index is -6.09. The fourth-order valence-corrected chi connectivity index (χ4v) is 4.54. The maximum absolute atomic E-state index is 10.7. The first kappa shape index (κ1) is 22.2. The van der Waals surface area contributed by atoms with E-state index < -0.39 is 15.6 Å². The number of hydrogen-bond donors (Lipinski definition) is 0. The van der Waals surface area contributed by atoms with E-state index in [0.29, 0.717) is 0 Å². The summed E-state index contributed by atoms with van der Waals surface area (Å²) in [4.78, 5) is 0. The van der Waals surface area contributed by atoms with Crippen LogP contribution in [0.3, 0.4) is 0 Å². The first-order valence-corrected chi connectivity index (χ1v) is 10.8. The fraction of sp³-hybridized carbons (Fsp3) is 0.250. The molecule has 0 spiro atoms. The molecule has 138 valence electrons. The van der Waals surface area contributed by atoms with Crippen LogP contribution in [-0.2, 0) is 10.1 Å². The molecule has 0 aromatic heterocycles. The zero-order valence-electron chi connectivity index (χ0n) is 13.5. The van der Waals surface area contributed by atoms with Gasteiger partial charge in [-0.3, -0.25) is 0 Å². The van der Waals surface area contributed by atoms with E-state index in [9.17, 15) is 13.2 Å². The van der Waals surface area contributed by atoms with Gasteiger partial charge in [-0.2, -0.15) is 13.2 Å². The van der Waals surface area contributed by atoms with Crippen LogP contribution in [0.4, 0.5) is 13.2 Å². The average Bonchev–Trinajstić information content (AvgIpc) is 2.43. The van der Waals surface area contributed by atoms with E-state index in [2.05, 4.69) is 45.0 Å². The van der Waals surface area contributed by atoms with Gasteiger partial charge >= 0.3 is 26.7 Å². The minimum Gasteiger partial charge on any atom is -0.741 e. The molecule has 2 aromatic rings. The van der Waals surface area contributed by atoms with Crippen molar-refractivity contribution in [1.29, 1.82) is 0 Å². The molecule has 2 aromatic carbocycles. The van der Waals surface area contributed by atoms with E-state index in [4.69, 9.17) is 24.6 Å². The van der Waals surface area contributed by atoms with Crippen molar-refractivity contribution in [1.82, 2.24) is 0 Å². The molecule has 0 amide bonds. The second-order valence-corrected chi connectivity index (χ2v) is 9.81. The summed E-state index contributed by atoms with van der Waals surface area (Å²) in [5.74, 6) is 0. The largest absolute Gasteiger partial charge is 0.741 e. The molecule has 0 aliphatic carbocycles. The third-order valence-electron chi connectivity index (χ3n) is 2.87. The number of hydrogen-bond acceptors (Lipinski definition) is 3. The Morgan fingerprint density at radius 2 is 1.40 bits per heavy atom. The molecule has 25 heavy (non-hydrogen) atoms. The Balaban J connectivity index is 0.000000333. The van der Waals surface area contributed by atoms with Crippen molar-refractivity contribution < 1.29 is 47.3 Å². The highest BCUT2D eigenvalue weighted by Crippen LogP contribution is 2.20. The third-order valence-corrected chi connectivity index (χ3v) is 7.27. The molecular weight excluding hydrogens is 492 g/mol. The molecule has 0 radical (unpaired) electrons. The lowest BCUT2D eigenvalue weighted by atomic mass is 10.1. The van der Waals surface area contributed by atoms with Gasteiger partial charge in [0, 0.05) is 16.1 Å². The fourth-order valence-electron chi connectivity index (χ4n) is 1.91. The molecular formula is C16H15ClF3IO3S. The summed E-state index contributed by atoms with van der Waals surface area (Å²) < 4.78 is 61.9. The van der Waals surface area contributed by atoms with Crippen molar-refractivity contribution in [3.05, 3.63) is 65.3 Å². The molecule has 2 rings (SSSR count). The molecule has 0 heterocycles. The van der Waals surface area contributed by atoms with E-state index in [1.54, 1.807) is 0 Å². The molecule has 0 atom stereocenters. The van der Waals surface area contributed by atoms with Crippen molar-refractivity contribution in [2.45, 2.75) is 26.3 Å². The third kappa shape index (κ3) is 7.12. The van der Waals surface area contributed by atoms with Crippen molar-refractivity contribution in [2.75, 3.05) is 0 Å². The zero-order chi connectivity index (χ0) is 19.4. The predicted octanol–water partition coefficient (Wildman–Crippen LogP) is 1.45. The molecule has 0 N–H and O–H groups in total. The van der Waals surface area contributed by atoms with Gasteiger partial charge in [-0.1, -0.05) is 29.3 Å². The summed E-state index contributed by atoms with van der Waals surface area (Å²) in [6, 6.07) is 12.8. The van der Waals surface area contributed by atoms with Gasteiger partial charge < -0.3 is 4.55 Å². The Bertz CT molecular complexity index is 812. The number of halogens is 5. The van der Waals surface area contributed by atoms with Crippen molar-refractivity contribution >= 4 is 21.7 Å². The first-order chi connectivity index (χ1) is 11.3. The molecule has 0 saturated carbocycles. The monoisotopic (exact) mass is 506 g/mol. The molecule has 0 aliphatic rings. The quantitative estimate of drug-likeness (QED) is 0.352. The van der Waals surface area contributed by atoms with E-state index in [-0.39, 0.29) is 21.2 Å². The number of aryl methyl sites for hydroxylation is 3. The van der Waals surface area contributed by atoms with E-state index in [1.807, 2.05) is 12.1 Å². The lowest BCUT2D eigenvalue weighted by Gasteiger charge is -2.08. The summed E-state index contributed by atoms with van der Waals surface area (Å²) >= 11 is 5.81. The standard InChI is InChI=1S/C15H15ClI.CHF3O3S/c1-10-8-11(2)15(12(3)9-10)17-14-6-4-13(16)5-7-14;2-1(3,4)8(5,6)7/h4-9H,1-3H3;(H,5,6,7)/q+1;/p-1. The van der Waals surface area contributed by atoms with Crippen LogP contribution in [0.1, 0.15) is 16.7 Å².